The first-order chi connectivity index (χ1) is 10.1. The average molecular weight is 289 g/mol. The zero-order valence-corrected chi connectivity index (χ0v) is 13.7. The number of nitrogens with zero attached hydrogens (tertiary/aromatic N) is 1. The van der Waals surface area contributed by atoms with E-state index in [1.54, 1.807) is 0 Å². The van der Waals surface area contributed by atoms with Gasteiger partial charge in [0.2, 0.25) is 0 Å². The zero-order valence-electron chi connectivity index (χ0n) is 13.7. The Morgan fingerprint density at radius 1 is 1.19 bits per heavy atom. The molecule has 1 rings (SSSR count). The van der Waals surface area contributed by atoms with Gasteiger partial charge in [-0.3, -0.25) is 4.90 Å². The molecule has 0 aliphatic heterocycles. The second kappa shape index (κ2) is 9.51. The van der Waals surface area contributed by atoms with Crippen LogP contribution in [0.1, 0.15) is 45.6 Å². The lowest BCUT2D eigenvalue weighted by atomic mass is 10.0. The van der Waals surface area contributed by atoms with Crippen molar-refractivity contribution in [1.82, 2.24) is 4.90 Å². The van der Waals surface area contributed by atoms with Crippen LogP contribution in [0.3, 0.4) is 0 Å². The van der Waals surface area contributed by atoms with E-state index in [2.05, 4.69) is 38.3 Å². The Balaban J connectivity index is 2.73. The van der Waals surface area contributed by atoms with Crippen LogP contribution in [0.15, 0.2) is 42.5 Å². The van der Waals surface area contributed by atoms with Gasteiger partial charge >= 0.3 is 0 Å². The number of benzene rings is 1. The summed E-state index contributed by atoms with van der Waals surface area (Å²) in [6.07, 6.45) is 5.52. The van der Waals surface area contributed by atoms with Gasteiger partial charge in [-0.1, -0.05) is 52.0 Å². The number of halogens is 1. The molecule has 1 aromatic carbocycles. The standard InChI is InChI=1S/C19H28FN/c1-5-8-13-21(7-3)15-16(4)14-17(6-2)18-9-11-19(20)12-10-18/h9-12,14H,4-8,13,15H2,1-3H3/b17-14+. The first-order valence-electron chi connectivity index (χ1n) is 7.97. The molecule has 0 N–H and O–H groups in total. The van der Waals surface area contributed by atoms with Crippen LogP contribution in [0, 0.1) is 5.82 Å². The van der Waals surface area contributed by atoms with E-state index in [4.69, 9.17) is 0 Å². The molecule has 0 aromatic heterocycles. The van der Waals surface area contributed by atoms with Crippen LogP contribution >= 0.6 is 0 Å². The van der Waals surface area contributed by atoms with Gasteiger partial charge < -0.3 is 0 Å². The molecule has 0 saturated carbocycles. The Hall–Kier alpha value is -1.41. The summed E-state index contributed by atoms with van der Waals surface area (Å²) in [5.74, 6) is -0.190. The monoisotopic (exact) mass is 289 g/mol. The lowest BCUT2D eigenvalue weighted by molar-refractivity contribution is 0.309. The molecule has 2 heteroatoms. The summed E-state index contributed by atoms with van der Waals surface area (Å²) in [5.41, 5.74) is 3.41. The summed E-state index contributed by atoms with van der Waals surface area (Å²) in [6, 6.07) is 6.71. The summed E-state index contributed by atoms with van der Waals surface area (Å²) in [6.45, 7) is 13.8. The number of hydrogen-bond acceptors (Lipinski definition) is 1. The third-order valence-electron chi connectivity index (χ3n) is 3.68. The molecule has 0 fully saturated rings. The normalized spacial score (nSPS) is 12.0. The SMILES string of the molecule is C=C(/C=C(\CC)c1ccc(F)cc1)CN(CC)CCCC. The molecular weight excluding hydrogens is 261 g/mol. The van der Waals surface area contributed by atoms with Crippen LogP contribution in [0.5, 0.6) is 0 Å². The van der Waals surface area contributed by atoms with Crippen LogP contribution in [0.4, 0.5) is 4.39 Å². The smallest absolute Gasteiger partial charge is 0.123 e. The van der Waals surface area contributed by atoms with E-state index in [1.807, 2.05) is 12.1 Å². The second-order valence-corrected chi connectivity index (χ2v) is 5.41. The fourth-order valence-electron chi connectivity index (χ4n) is 2.36. The minimum atomic E-state index is -0.190. The number of unbranched alkanes of at least 4 members (excludes halogenated alkanes) is 1. The van der Waals surface area contributed by atoms with E-state index in [0.29, 0.717) is 0 Å². The molecule has 0 unspecified atom stereocenters. The van der Waals surface area contributed by atoms with Gasteiger partial charge in [0.05, 0.1) is 0 Å². The van der Waals surface area contributed by atoms with Gasteiger partial charge in [0, 0.05) is 6.54 Å². The lowest BCUT2D eigenvalue weighted by Gasteiger charge is -2.20. The van der Waals surface area contributed by atoms with E-state index in [9.17, 15) is 4.39 Å². The zero-order chi connectivity index (χ0) is 15.7. The van der Waals surface area contributed by atoms with Crippen molar-refractivity contribution in [2.75, 3.05) is 19.6 Å². The Kier molecular flexibility index (Phi) is 7.99. The average Bonchev–Trinajstić information content (AvgIpc) is 2.50. The minimum absolute atomic E-state index is 0.190. The summed E-state index contributed by atoms with van der Waals surface area (Å²) in [5, 5.41) is 0. The van der Waals surface area contributed by atoms with Gasteiger partial charge in [-0.15, -0.1) is 0 Å². The maximum atomic E-state index is 13.0. The van der Waals surface area contributed by atoms with Crippen molar-refractivity contribution in [2.45, 2.75) is 40.0 Å². The van der Waals surface area contributed by atoms with E-state index in [0.717, 1.165) is 37.2 Å². The van der Waals surface area contributed by atoms with E-state index >= 15 is 0 Å². The molecule has 0 radical (unpaired) electrons. The molecule has 0 spiro atoms. The lowest BCUT2D eigenvalue weighted by Crippen LogP contribution is -2.26. The molecule has 0 aliphatic rings. The van der Waals surface area contributed by atoms with Gasteiger partial charge in [-0.05, 0) is 54.8 Å². The van der Waals surface area contributed by atoms with Crippen molar-refractivity contribution < 1.29 is 4.39 Å². The fourth-order valence-corrected chi connectivity index (χ4v) is 2.36. The minimum Gasteiger partial charge on any atom is -0.299 e. The van der Waals surface area contributed by atoms with Crippen molar-refractivity contribution in [2.24, 2.45) is 0 Å². The highest BCUT2D eigenvalue weighted by Crippen LogP contribution is 2.20. The Morgan fingerprint density at radius 3 is 2.38 bits per heavy atom. The highest BCUT2D eigenvalue weighted by atomic mass is 19.1. The van der Waals surface area contributed by atoms with Crippen LogP contribution in [-0.4, -0.2) is 24.5 Å². The molecular formula is C19H28FN. The van der Waals surface area contributed by atoms with Gasteiger partial charge in [0.25, 0.3) is 0 Å². The van der Waals surface area contributed by atoms with Gasteiger partial charge in [0.15, 0.2) is 0 Å². The Morgan fingerprint density at radius 2 is 1.86 bits per heavy atom. The summed E-state index contributed by atoms with van der Waals surface area (Å²) >= 11 is 0. The maximum Gasteiger partial charge on any atom is 0.123 e. The summed E-state index contributed by atoms with van der Waals surface area (Å²) in [7, 11) is 0. The quantitative estimate of drug-likeness (QED) is 0.558. The van der Waals surface area contributed by atoms with Crippen LogP contribution in [0.2, 0.25) is 0 Å². The molecule has 116 valence electrons. The maximum absolute atomic E-state index is 13.0. The van der Waals surface area contributed by atoms with Crippen molar-refractivity contribution >= 4 is 5.57 Å². The Labute approximate surface area is 129 Å². The predicted molar refractivity (Wildman–Crippen MR) is 90.8 cm³/mol. The summed E-state index contributed by atoms with van der Waals surface area (Å²) in [4.78, 5) is 2.42. The van der Waals surface area contributed by atoms with Crippen molar-refractivity contribution in [3.05, 3.63) is 53.9 Å². The highest BCUT2D eigenvalue weighted by Gasteiger charge is 2.05. The van der Waals surface area contributed by atoms with Crippen molar-refractivity contribution in [3.63, 3.8) is 0 Å². The molecule has 0 bridgehead atoms. The summed E-state index contributed by atoms with van der Waals surface area (Å²) < 4.78 is 13.0. The molecule has 21 heavy (non-hydrogen) atoms. The van der Waals surface area contributed by atoms with Crippen molar-refractivity contribution in [3.8, 4) is 0 Å². The van der Waals surface area contributed by atoms with Gasteiger partial charge in [0.1, 0.15) is 5.82 Å². The number of likely N-dealkylation sites (N-methyl/N-ethyl adjacent to an activating group) is 1. The van der Waals surface area contributed by atoms with E-state index in [1.165, 1.54) is 30.5 Å². The van der Waals surface area contributed by atoms with Crippen LogP contribution < -0.4 is 0 Å². The van der Waals surface area contributed by atoms with Crippen molar-refractivity contribution in [1.29, 1.82) is 0 Å². The third-order valence-corrected chi connectivity index (χ3v) is 3.68. The van der Waals surface area contributed by atoms with Gasteiger partial charge in [-0.2, -0.15) is 0 Å². The number of rotatable bonds is 9. The molecule has 1 aromatic rings. The molecule has 1 nitrogen and oxygen atoms in total. The largest absolute Gasteiger partial charge is 0.299 e. The molecule has 0 saturated heterocycles. The highest BCUT2D eigenvalue weighted by molar-refractivity contribution is 5.67. The molecule has 0 atom stereocenters. The third kappa shape index (κ3) is 6.26. The first kappa shape index (κ1) is 17.6. The topological polar surface area (TPSA) is 3.24 Å². The second-order valence-electron chi connectivity index (χ2n) is 5.41. The van der Waals surface area contributed by atoms with Crippen LogP contribution in [0.25, 0.3) is 5.57 Å². The predicted octanol–water partition coefficient (Wildman–Crippen LogP) is 5.30. The van der Waals surface area contributed by atoms with Crippen LogP contribution in [-0.2, 0) is 0 Å². The van der Waals surface area contributed by atoms with Gasteiger partial charge in [-0.25, -0.2) is 4.39 Å². The van der Waals surface area contributed by atoms with E-state index < -0.39 is 0 Å². The fraction of sp³-hybridized carbons (Fsp3) is 0.474. The number of allylic oxidation sites excluding steroid dienone is 1. The molecule has 0 heterocycles. The molecule has 0 aliphatic carbocycles. The number of hydrogen-bond donors (Lipinski definition) is 0. The Bertz CT molecular complexity index is 459. The van der Waals surface area contributed by atoms with E-state index in [-0.39, 0.29) is 5.82 Å². The molecule has 0 amide bonds. The first-order valence-corrected chi connectivity index (χ1v) is 7.97.